The van der Waals surface area contributed by atoms with Gasteiger partial charge in [0.2, 0.25) is 0 Å². The van der Waals surface area contributed by atoms with Crippen LogP contribution in [0.1, 0.15) is 10.4 Å². The van der Waals surface area contributed by atoms with E-state index in [2.05, 4.69) is 4.98 Å². The van der Waals surface area contributed by atoms with Crippen molar-refractivity contribution < 1.29 is 9.53 Å². The van der Waals surface area contributed by atoms with Gasteiger partial charge in [-0.3, -0.25) is 4.79 Å². The lowest BCUT2D eigenvalue weighted by molar-refractivity contribution is 0.0601. The average Bonchev–Trinajstić information content (AvgIpc) is 2.54. The third-order valence-electron chi connectivity index (χ3n) is 3.34. The van der Waals surface area contributed by atoms with Crippen LogP contribution in [0.5, 0.6) is 0 Å². The van der Waals surface area contributed by atoms with Crippen molar-refractivity contribution in [3.63, 3.8) is 0 Å². The number of rotatable bonds is 2. The Morgan fingerprint density at radius 1 is 1.05 bits per heavy atom. The molecule has 21 heavy (non-hydrogen) atoms. The van der Waals surface area contributed by atoms with Gasteiger partial charge in [-0.1, -0.05) is 30.3 Å². The first-order valence-corrected chi connectivity index (χ1v) is 6.50. The largest absolute Gasteiger partial charge is 0.465 e. The summed E-state index contributed by atoms with van der Waals surface area (Å²) in [4.78, 5) is 27.0. The minimum Gasteiger partial charge on any atom is -0.465 e. The van der Waals surface area contributed by atoms with Gasteiger partial charge in [0.25, 0.3) is 0 Å². The van der Waals surface area contributed by atoms with E-state index in [-0.39, 0.29) is 5.43 Å². The van der Waals surface area contributed by atoms with Gasteiger partial charge in [0.05, 0.1) is 18.2 Å². The maximum absolute atomic E-state index is 12.2. The first-order chi connectivity index (χ1) is 10.2. The molecule has 0 fully saturated rings. The highest BCUT2D eigenvalue weighted by Crippen LogP contribution is 2.19. The number of carbonyl (C=O) groups excluding carboxylic acids is 1. The first kappa shape index (κ1) is 13.1. The van der Waals surface area contributed by atoms with E-state index in [4.69, 9.17) is 4.74 Å². The molecule has 4 heteroatoms. The van der Waals surface area contributed by atoms with Crippen molar-refractivity contribution in [2.24, 2.45) is 0 Å². The van der Waals surface area contributed by atoms with Crippen molar-refractivity contribution in [2.45, 2.75) is 0 Å². The number of H-pyrrole nitrogens is 1. The van der Waals surface area contributed by atoms with Gasteiger partial charge in [-0.05, 0) is 23.8 Å². The Labute approximate surface area is 121 Å². The van der Waals surface area contributed by atoms with Gasteiger partial charge in [0, 0.05) is 17.1 Å². The summed E-state index contributed by atoms with van der Waals surface area (Å²) in [6.07, 6.45) is 0. The molecule has 2 aromatic carbocycles. The summed E-state index contributed by atoms with van der Waals surface area (Å²) < 4.78 is 4.70. The summed E-state index contributed by atoms with van der Waals surface area (Å²) in [6, 6.07) is 16.0. The zero-order valence-corrected chi connectivity index (χ0v) is 11.4. The summed E-state index contributed by atoms with van der Waals surface area (Å²) in [5.41, 5.74) is 2.57. The molecule has 0 unspecified atom stereocenters. The Morgan fingerprint density at radius 3 is 2.52 bits per heavy atom. The Morgan fingerprint density at radius 2 is 1.81 bits per heavy atom. The van der Waals surface area contributed by atoms with Gasteiger partial charge in [-0.2, -0.15) is 0 Å². The van der Waals surface area contributed by atoms with Crippen LogP contribution in [-0.2, 0) is 4.74 Å². The number of hydrogen-bond acceptors (Lipinski definition) is 3. The Hall–Kier alpha value is -2.88. The maximum atomic E-state index is 12.2. The molecule has 0 radical (unpaired) electrons. The molecule has 0 aliphatic carbocycles. The number of fused-ring (bicyclic) bond motifs is 1. The number of pyridine rings is 1. The fraction of sp³-hybridized carbons (Fsp3) is 0.0588. The molecular formula is C17H13NO3. The van der Waals surface area contributed by atoms with Gasteiger partial charge in [0.15, 0.2) is 5.43 Å². The lowest BCUT2D eigenvalue weighted by Gasteiger charge is -2.06. The molecule has 0 spiro atoms. The van der Waals surface area contributed by atoms with Gasteiger partial charge < -0.3 is 9.72 Å². The third-order valence-corrected chi connectivity index (χ3v) is 3.34. The van der Waals surface area contributed by atoms with Crippen LogP contribution in [0, 0.1) is 0 Å². The third kappa shape index (κ3) is 2.43. The first-order valence-electron chi connectivity index (χ1n) is 6.50. The summed E-state index contributed by atoms with van der Waals surface area (Å²) in [7, 11) is 1.33. The molecule has 104 valence electrons. The fourth-order valence-corrected chi connectivity index (χ4v) is 2.27. The van der Waals surface area contributed by atoms with Crippen molar-refractivity contribution >= 4 is 16.9 Å². The van der Waals surface area contributed by atoms with Crippen LogP contribution in [0.2, 0.25) is 0 Å². The molecule has 0 aliphatic rings. The van der Waals surface area contributed by atoms with E-state index in [1.54, 1.807) is 24.3 Å². The van der Waals surface area contributed by atoms with E-state index >= 15 is 0 Å². The minimum absolute atomic E-state index is 0.0842. The van der Waals surface area contributed by atoms with Crippen molar-refractivity contribution in [1.29, 1.82) is 0 Å². The number of nitrogens with one attached hydrogen (secondary N) is 1. The van der Waals surface area contributed by atoms with E-state index < -0.39 is 5.97 Å². The highest BCUT2D eigenvalue weighted by molar-refractivity contribution is 5.94. The van der Waals surface area contributed by atoms with Crippen LogP contribution in [0.25, 0.3) is 22.2 Å². The highest BCUT2D eigenvalue weighted by atomic mass is 16.5. The maximum Gasteiger partial charge on any atom is 0.337 e. The molecule has 0 saturated heterocycles. The molecule has 3 aromatic rings. The quantitative estimate of drug-likeness (QED) is 0.734. The van der Waals surface area contributed by atoms with Gasteiger partial charge in [-0.15, -0.1) is 0 Å². The summed E-state index contributed by atoms with van der Waals surface area (Å²) in [5, 5.41) is 0.544. The SMILES string of the molecule is COC(=O)c1ccc2c(=O)cc(-c3ccccc3)[nH]c2c1. The second-order valence-corrected chi connectivity index (χ2v) is 4.67. The molecule has 1 aromatic heterocycles. The lowest BCUT2D eigenvalue weighted by Crippen LogP contribution is -2.06. The van der Waals surface area contributed by atoms with Crippen molar-refractivity contribution in [1.82, 2.24) is 4.98 Å². The van der Waals surface area contributed by atoms with Crippen molar-refractivity contribution in [3.8, 4) is 11.3 Å². The molecule has 1 N–H and O–H groups in total. The number of methoxy groups -OCH3 is 1. The normalized spacial score (nSPS) is 10.5. The fourth-order valence-electron chi connectivity index (χ4n) is 2.27. The Bertz CT molecular complexity index is 866. The lowest BCUT2D eigenvalue weighted by atomic mass is 10.1. The monoisotopic (exact) mass is 279 g/mol. The molecule has 0 saturated carbocycles. The number of esters is 1. The number of ether oxygens (including phenoxy) is 1. The van der Waals surface area contributed by atoms with Crippen LogP contribution < -0.4 is 5.43 Å². The summed E-state index contributed by atoms with van der Waals surface area (Å²) >= 11 is 0. The second kappa shape index (κ2) is 5.25. The van der Waals surface area contributed by atoms with Crippen molar-refractivity contribution in [2.75, 3.05) is 7.11 Å². The minimum atomic E-state index is -0.428. The van der Waals surface area contributed by atoms with E-state index in [1.165, 1.54) is 7.11 Å². The topological polar surface area (TPSA) is 59.2 Å². The molecule has 4 nitrogen and oxygen atoms in total. The number of benzene rings is 2. The van der Waals surface area contributed by atoms with Crippen LogP contribution in [0.3, 0.4) is 0 Å². The van der Waals surface area contributed by atoms with E-state index in [9.17, 15) is 9.59 Å². The average molecular weight is 279 g/mol. The Balaban J connectivity index is 2.22. The molecular weight excluding hydrogens is 266 g/mol. The van der Waals surface area contributed by atoms with Gasteiger partial charge >= 0.3 is 5.97 Å². The predicted molar refractivity (Wildman–Crippen MR) is 81.3 cm³/mol. The number of aromatic amines is 1. The summed E-state index contributed by atoms with van der Waals surface area (Å²) in [5.74, 6) is -0.428. The van der Waals surface area contributed by atoms with Gasteiger partial charge in [-0.25, -0.2) is 4.79 Å². The number of hydrogen-bond donors (Lipinski definition) is 1. The number of carbonyl (C=O) groups is 1. The molecule has 1 heterocycles. The van der Waals surface area contributed by atoms with Crippen LogP contribution in [0.15, 0.2) is 59.4 Å². The molecule has 0 aliphatic heterocycles. The molecule has 0 bridgehead atoms. The Kier molecular flexibility index (Phi) is 3.28. The predicted octanol–water partition coefficient (Wildman–Crippen LogP) is 2.98. The standard InChI is InChI=1S/C17H13NO3/c1-21-17(20)12-7-8-13-15(9-12)18-14(10-16(13)19)11-5-3-2-4-6-11/h2-10H,1H3,(H,18,19). The number of aromatic nitrogens is 1. The van der Waals surface area contributed by atoms with Crippen LogP contribution >= 0.6 is 0 Å². The van der Waals surface area contributed by atoms with Crippen LogP contribution in [0.4, 0.5) is 0 Å². The van der Waals surface area contributed by atoms with Crippen molar-refractivity contribution in [3.05, 3.63) is 70.4 Å². The van der Waals surface area contributed by atoms with Crippen LogP contribution in [-0.4, -0.2) is 18.1 Å². The van der Waals surface area contributed by atoms with E-state index in [0.29, 0.717) is 16.5 Å². The van der Waals surface area contributed by atoms with Gasteiger partial charge in [0.1, 0.15) is 0 Å². The highest BCUT2D eigenvalue weighted by Gasteiger charge is 2.09. The zero-order chi connectivity index (χ0) is 14.8. The molecule has 0 amide bonds. The second-order valence-electron chi connectivity index (χ2n) is 4.67. The smallest absolute Gasteiger partial charge is 0.337 e. The zero-order valence-electron chi connectivity index (χ0n) is 11.4. The molecule has 3 rings (SSSR count). The van der Waals surface area contributed by atoms with E-state index in [0.717, 1.165) is 11.3 Å². The summed E-state index contributed by atoms with van der Waals surface area (Å²) in [6.45, 7) is 0. The van der Waals surface area contributed by atoms with E-state index in [1.807, 2.05) is 30.3 Å². The molecule has 0 atom stereocenters.